The summed E-state index contributed by atoms with van der Waals surface area (Å²) >= 11 is 0. The van der Waals surface area contributed by atoms with E-state index in [4.69, 9.17) is 0 Å². The van der Waals surface area contributed by atoms with Crippen LogP contribution in [0.3, 0.4) is 0 Å². The molecule has 0 amide bonds. The number of hydrogen-bond acceptors (Lipinski definition) is 1. The summed E-state index contributed by atoms with van der Waals surface area (Å²) in [6.45, 7) is 1.54. The van der Waals surface area contributed by atoms with E-state index < -0.39 is 11.6 Å². The molecule has 1 nitrogen and oxygen atoms in total. The summed E-state index contributed by atoms with van der Waals surface area (Å²) in [4.78, 5) is 4.09. The van der Waals surface area contributed by atoms with Crippen molar-refractivity contribution < 1.29 is 8.78 Å². The van der Waals surface area contributed by atoms with Crippen LogP contribution in [0, 0.1) is 18.6 Å². The Morgan fingerprint density at radius 3 is 2.53 bits per heavy atom. The molecule has 2 rings (SSSR count). The summed E-state index contributed by atoms with van der Waals surface area (Å²) in [5, 5.41) is 0. The summed E-state index contributed by atoms with van der Waals surface area (Å²) < 4.78 is 26.2. The number of pyridine rings is 1. The quantitative estimate of drug-likeness (QED) is 0.695. The van der Waals surface area contributed by atoms with Crippen LogP contribution < -0.4 is 0 Å². The number of halogens is 2. The van der Waals surface area contributed by atoms with Gasteiger partial charge in [0, 0.05) is 11.8 Å². The van der Waals surface area contributed by atoms with Gasteiger partial charge in [-0.3, -0.25) is 4.98 Å². The van der Waals surface area contributed by atoms with Crippen molar-refractivity contribution in [3.8, 4) is 11.3 Å². The van der Waals surface area contributed by atoms with Crippen LogP contribution in [0.25, 0.3) is 11.3 Å². The number of hydrogen-bond donors (Lipinski definition) is 0. The third kappa shape index (κ3) is 1.73. The molecule has 0 bridgehead atoms. The van der Waals surface area contributed by atoms with Crippen LogP contribution in [0.1, 0.15) is 5.56 Å². The van der Waals surface area contributed by atoms with E-state index in [9.17, 15) is 8.78 Å². The Labute approximate surface area is 86.4 Å². The largest absolute Gasteiger partial charge is 0.256 e. The predicted octanol–water partition coefficient (Wildman–Crippen LogP) is 3.34. The Bertz CT molecular complexity index is 480. The van der Waals surface area contributed by atoms with Gasteiger partial charge < -0.3 is 0 Å². The Hall–Kier alpha value is -1.77. The third-order valence-corrected chi connectivity index (χ3v) is 2.28. The van der Waals surface area contributed by atoms with Crippen LogP contribution in [-0.2, 0) is 0 Å². The topological polar surface area (TPSA) is 12.9 Å². The maximum atomic E-state index is 13.3. The first-order valence-electron chi connectivity index (χ1n) is 4.56. The van der Waals surface area contributed by atoms with Gasteiger partial charge in [-0.1, -0.05) is 6.07 Å². The first kappa shape index (κ1) is 9.77. The van der Waals surface area contributed by atoms with Crippen LogP contribution in [0.15, 0.2) is 36.5 Å². The van der Waals surface area contributed by atoms with Gasteiger partial charge in [-0.15, -0.1) is 0 Å². The van der Waals surface area contributed by atoms with E-state index in [1.54, 1.807) is 25.3 Å². The van der Waals surface area contributed by atoms with Crippen molar-refractivity contribution in [1.29, 1.82) is 0 Å². The molecular formula is C12H9F2N. The summed E-state index contributed by atoms with van der Waals surface area (Å²) in [6.07, 6.45) is 1.62. The number of nitrogens with zero attached hydrogens (tertiary/aromatic N) is 1. The first-order valence-corrected chi connectivity index (χ1v) is 4.56. The maximum Gasteiger partial charge on any atom is 0.162 e. The molecule has 3 heteroatoms. The highest BCUT2D eigenvalue weighted by atomic mass is 19.2. The van der Waals surface area contributed by atoms with Gasteiger partial charge in [0.25, 0.3) is 0 Å². The highest BCUT2D eigenvalue weighted by molar-refractivity contribution is 5.63. The van der Waals surface area contributed by atoms with Crippen molar-refractivity contribution in [3.63, 3.8) is 0 Å². The minimum absolute atomic E-state index is 0.286. The molecule has 0 spiro atoms. The highest BCUT2D eigenvalue weighted by Crippen LogP contribution is 2.24. The maximum absolute atomic E-state index is 13.3. The molecule has 0 unspecified atom stereocenters. The summed E-state index contributed by atoms with van der Waals surface area (Å²) in [6, 6.07) is 8.00. The van der Waals surface area contributed by atoms with E-state index >= 15 is 0 Å². The summed E-state index contributed by atoms with van der Waals surface area (Å²) in [5.41, 5.74) is 1.55. The average molecular weight is 205 g/mol. The lowest BCUT2D eigenvalue weighted by Gasteiger charge is -2.06. The molecule has 0 saturated carbocycles. The molecule has 76 valence electrons. The van der Waals surface area contributed by atoms with E-state index in [0.29, 0.717) is 11.3 Å². The van der Waals surface area contributed by atoms with Crippen molar-refractivity contribution in [3.05, 3.63) is 53.7 Å². The van der Waals surface area contributed by atoms with Crippen molar-refractivity contribution in [2.24, 2.45) is 0 Å². The van der Waals surface area contributed by atoms with E-state index in [2.05, 4.69) is 4.98 Å². The lowest BCUT2D eigenvalue weighted by molar-refractivity contribution is 0.503. The second kappa shape index (κ2) is 3.77. The monoisotopic (exact) mass is 205 g/mol. The van der Waals surface area contributed by atoms with Gasteiger partial charge in [-0.05, 0) is 36.8 Å². The molecule has 1 heterocycles. The fourth-order valence-electron chi connectivity index (χ4n) is 1.45. The minimum atomic E-state index is -0.827. The Kier molecular flexibility index (Phi) is 2.46. The van der Waals surface area contributed by atoms with Gasteiger partial charge in [0.1, 0.15) is 0 Å². The lowest BCUT2D eigenvalue weighted by atomic mass is 10.0. The zero-order valence-corrected chi connectivity index (χ0v) is 8.17. The molecule has 0 aliphatic carbocycles. The van der Waals surface area contributed by atoms with Crippen LogP contribution >= 0.6 is 0 Å². The zero-order valence-electron chi connectivity index (χ0n) is 8.17. The standard InChI is InChI=1S/C12H9F2N/c1-8-9(5-6-10(13)12(8)14)11-4-2-3-7-15-11/h2-7H,1H3. The predicted molar refractivity (Wildman–Crippen MR) is 54.3 cm³/mol. The minimum Gasteiger partial charge on any atom is -0.256 e. The van der Waals surface area contributed by atoms with E-state index in [0.717, 1.165) is 6.07 Å². The van der Waals surface area contributed by atoms with Crippen LogP contribution in [-0.4, -0.2) is 4.98 Å². The molecule has 0 aliphatic rings. The van der Waals surface area contributed by atoms with E-state index in [1.165, 1.54) is 6.07 Å². The molecule has 1 aromatic carbocycles. The SMILES string of the molecule is Cc1c(-c2ccccn2)ccc(F)c1F. The normalized spacial score (nSPS) is 10.3. The second-order valence-electron chi connectivity index (χ2n) is 3.25. The van der Waals surface area contributed by atoms with Crippen molar-refractivity contribution in [1.82, 2.24) is 4.98 Å². The fraction of sp³-hybridized carbons (Fsp3) is 0.0833. The number of aromatic nitrogens is 1. The summed E-state index contributed by atoms with van der Waals surface area (Å²) in [5.74, 6) is -1.63. The van der Waals surface area contributed by atoms with Gasteiger partial charge >= 0.3 is 0 Å². The Balaban J connectivity index is 2.60. The van der Waals surface area contributed by atoms with Gasteiger partial charge in [0.05, 0.1) is 5.69 Å². The van der Waals surface area contributed by atoms with E-state index in [1.807, 2.05) is 6.07 Å². The van der Waals surface area contributed by atoms with Gasteiger partial charge in [-0.25, -0.2) is 8.78 Å². The highest BCUT2D eigenvalue weighted by Gasteiger charge is 2.10. The molecule has 0 aliphatic heterocycles. The molecule has 0 radical (unpaired) electrons. The first-order chi connectivity index (χ1) is 7.20. The third-order valence-electron chi connectivity index (χ3n) is 2.28. The van der Waals surface area contributed by atoms with Gasteiger partial charge in [0.2, 0.25) is 0 Å². The number of benzene rings is 1. The number of rotatable bonds is 1. The zero-order chi connectivity index (χ0) is 10.8. The smallest absolute Gasteiger partial charge is 0.162 e. The molecule has 0 atom stereocenters. The van der Waals surface area contributed by atoms with Gasteiger partial charge in [0.15, 0.2) is 11.6 Å². The summed E-state index contributed by atoms with van der Waals surface area (Å²) in [7, 11) is 0. The van der Waals surface area contributed by atoms with E-state index in [-0.39, 0.29) is 5.56 Å². The Morgan fingerprint density at radius 2 is 1.87 bits per heavy atom. The van der Waals surface area contributed by atoms with Crippen LogP contribution in [0.2, 0.25) is 0 Å². The van der Waals surface area contributed by atoms with Crippen molar-refractivity contribution in [2.45, 2.75) is 6.92 Å². The molecule has 0 saturated heterocycles. The molecule has 0 fully saturated rings. The van der Waals surface area contributed by atoms with Gasteiger partial charge in [-0.2, -0.15) is 0 Å². The molecule has 2 aromatic rings. The fourth-order valence-corrected chi connectivity index (χ4v) is 1.45. The Morgan fingerprint density at radius 1 is 1.07 bits per heavy atom. The molecular weight excluding hydrogens is 196 g/mol. The molecule has 0 N–H and O–H groups in total. The van der Waals surface area contributed by atoms with Crippen molar-refractivity contribution in [2.75, 3.05) is 0 Å². The van der Waals surface area contributed by atoms with Crippen LogP contribution in [0.5, 0.6) is 0 Å². The lowest BCUT2D eigenvalue weighted by Crippen LogP contribution is -1.93. The molecule has 15 heavy (non-hydrogen) atoms. The second-order valence-corrected chi connectivity index (χ2v) is 3.25. The van der Waals surface area contributed by atoms with Crippen LogP contribution in [0.4, 0.5) is 8.78 Å². The average Bonchev–Trinajstić information content (AvgIpc) is 2.27. The van der Waals surface area contributed by atoms with Crippen molar-refractivity contribution >= 4 is 0 Å². The molecule has 1 aromatic heterocycles.